The van der Waals surface area contributed by atoms with Crippen LogP contribution in [-0.4, -0.2) is 26.5 Å². The van der Waals surface area contributed by atoms with Crippen LogP contribution in [0.5, 0.6) is 0 Å². The molecule has 0 aliphatic heterocycles. The molecule has 0 fully saturated rings. The molecule has 2 N–H and O–H groups in total. The number of imidazole rings is 1. The van der Waals surface area contributed by atoms with Crippen LogP contribution in [0.4, 0.5) is 5.82 Å². The smallest absolute Gasteiger partial charge is 0.134 e. The molecule has 0 aromatic carbocycles. The monoisotopic (exact) mass is 309 g/mol. The molecule has 2 aromatic heterocycles. The first-order valence-corrected chi connectivity index (χ1v) is 6.71. The standard InChI is InChI=1S/C12H16BrN5/c1-8(2)12-17-9(13)7-11(18-12)14-4-3-10-15-5-6-16-10/h5-8H,3-4H2,1-2H3,(H,15,16)(H,14,17,18). The van der Waals surface area contributed by atoms with Gasteiger partial charge in [0.25, 0.3) is 0 Å². The van der Waals surface area contributed by atoms with Gasteiger partial charge in [0.1, 0.15) is 22.1 Å². The lowest BCUT2D eigenvalue weighted by Gasteiger charge is -2.09. The van der Waals surface area contributed by atoms with Gasteiger partial charge in [0.2, 0.25) is 0 Å². The van der Waals surface area contributed by atoms with Crippen molar-refractivity contribution in [2.45, 2.75) is 26.2 Å². The molecule has 96 valence electrons. The highest BCUT2D eigenvalue weighted by atomic mass is 79.9. The van der Waals surface area contributed by atoms with Gasteiger partial charge in [-0.1, -0.05) is 13.8 Å². The van der Waals surface area contributed by atoms with Crippen molar-refractivity contribution in [2.75, 3.05) is 11.9 Å². The summed E-state index contributed by atoms with van der Waals surface area (Å²) in [5.74, 6) is 2.96. The van der Waals surface area contributed by atoms with E-state index in [0.29, 0.717) is 5.92 Å². The van der Waals surface area contributed by atoms with Crippen LogP contribution in [0.25, 0.3) is 0 Å². The van der Waals surface area contributed by atoms with Gasteiger partial charge in [-0.2, -0.15) is 0 Å². The predicted molar refractivity (Wildman–Crippen MR) is 74.6 cm³/mol. The molecule has 0 saturated heterocycles. The number of nitrogens with zero attached hydrogens (tertiary/aromatic N) is 3. The van der Waals surface area contributed by atoms with Crippen molar-refractivity contribution in [2.24, 2.45) is 0 Å². The first-order valence-electron chi connectivity index (χ1n) is 5.92. The van der Waals surface area contributed by atoms with E-state index >= 15 is 0 Å². The summed E-state index contributed by atoms with van der Waals surface area (Å²) in [5, 5.41) is 3.28. The van der Waals surface area contributed by atoms with Gasteiger partial charge in [-0.15, -0.1) is 0 Å². The van der Waals surface area contributed by atoms with Crippen LogP contribution in [0.15, 0.2) is 23.1 Å². The predicted octanol–water partition coefficient (Wildman–Crippen LogP) is 2.74. The highest BCUT2D eigenvalue weighted by molar-refractivity contribution is 9.10. The molecule has 0 saturated carbocycles. The maximum Gasteiger partial charge on any atom is 0.134 e. The third-order valence-electron chi connectivity index (χ3n) is 2.45. The van der Waals surface area contributed by atoms with Crippen molar-refractivity contribution < 1.29 is 0 Å². The third-order valence-corrected chi connectivity index (χ3v) is 2.86. The van der Waals surface area contributed by atoms with Gasteiger partial charge in [-0.25, -0.2) is 15.0 Å². The van der Waals surface area contributed by atoms with E-state index in [1.165, 1.54) is 0 Å². The molecule has 0 aliphatic carbocycles. The average Bonchev–Trinajstić information content (AvgIpc) is 2.81. The third kappa shape index (κ3) is 3.53. The van der Waals surface area contributed by atoms with Crippen molar-refractivity contribution in [3.05, 3.63) is 34.7 Å². The van der Waals surface area contributed by atoms with Gasteiger partial charge in [-0.3, -0.25) is 0 Å². The van der Waals surface area contributed by atoms with Crippen LogP contribution in [0.1, 0.15) is 31.4 Å². The highest BCUT2D eigenvalue weighted by Gasteiger charge is 2.06. The molecule has 0 amide bonds. The fourth-order valence-electron chi connectivity index (χ4n) is 1.53. The molecule has 2 aromatic rings. The normalized spacial score (nSPS) is 10.9. The van der Waals surface area contributed by atoms with Gasteiger partial charge < -0.3 is 10.3 Å². The summed E-state index contributed by atoms with van der Waals surface area (Å²) in [6, 6.07) is 1.88. The van der Waals surface area contributed by atoms with Crippen LogP contribution in [0.2, 0.25) is 0 Å². The summed E-state index contributed by atoms with van der Waals surface area (Å²) in [6.07, 6.45) is 4.42. The zero-order valence-electron chi connectivity index (χ0n) is 10.4. The Balaban J connectivity index is 1.96. The second-order valence-electron chi connectivity index (χ2n) is 4.30. The Bertz CT molecular complexity index is 495. The highest BCUT2D eigenvalue weighted by Crippen LogP contribution is 2.17. The van der Waals surface area contributed by atoms with Crippen LogP contribution >= 0.6 is 15.9 Å². The lowest BCUT2D eigenvalue weighted by molar-refractivity contribution is 0.768. The minimum atomic E-state index is 0.313. The number of hydrogen-bond acceptors (Lipinski definition) is 4. The second-order valence-corrected chi connectivity index (χ2v) is 5.11. The molecule has 0 spiro atoms. The molecule has 0 bridgehead atoms. The fourth-order valence-corrected chi connectivity index (χ4v) is 1.93. The quantitative estimate of drug-likeness (QED) is 0.833. The summed E-state index contributed by atoms with van der Waals surface area (Å²) < 4.78 is 0.807. The van der Waals surface area contributed by atoms with Crippen LogP contribution in [-0.2, 0) is 6.42 Å². The van der Waals surface area contributed by atoms with Gasteiger partial charge >= 0.3 is 0 Å². The maximum absolute atomic E-state index is 4.47. The Morgan fingerprint density at radius 3 is 2.89 bits per heavy atom. The molecule has 6 heteroatoms. The van der Waals surface area contributed by atoms with Crippen LogP contribution < -0.4 is 5.32 Å². The van der Waals surface area contributed by atoms with Crippen molar-refractivity contribution in [3.8, 4) is 0 Å². The van der Waals surface area contributed by atoms with E-state index in [1.54, 1.807) is 6.20 Å². The zero-order valence-corrected chi connectivity index (χ0v) is 12.0. The summed E-state index contributed by atoms with van der Waals surface area (Å²) in [6.45, 7) is 4.94. The van der Waals surface area contributed by atoms with Gasteiger partial charge in [0, 0.05) is 37.3 Å². The van der Waals surface area contributed by atoms with E-state index in [2.05, 4.69) is 55.0 Å². The number of anilines is 1. The molecular weight excluding hydrogens is 294 g/mol. The molecule has 0 aliphatic rings. The zero-order chi connectivity index (χ0) is 13.0. The summed E-state index contributed by atoms with van der Waals surface area (Å²) in [5.41, 5.74) is 0. The van der Waals surface area contributed by atoms with E-state index in [-0.39, 0.29) is 0 Å². The van der Waals surface area contributed by atoms with Gasteiger partial charge in [0.05, 0.1) is 0 Å². The summed E-state index contributed by atoms with van der Waals surface area (Å²) in [4.78, 5) is 16.1. The molecule has 0 radical (unpaired) electrons. The molecule has 0 atom stereocenters. The number of nitrogens with one attached hydrogen (secondary N) is 2. The Hall–Kier alpha value is -1.43. The molecular formula is C12H16BrN5. The van der Waals surface area contributed by atoms with Gasteiger partial charge in [-0.05, 0) is 15.9 Å². The lowest BCUT2D eigenvalue weighted by atomic mass is 10.2. The lowest BCUT2D eigenvalue weighted by Crippen LogP contribution is -2.09. The fraction of sp³-hybridized carbons (Fsp3) is 0.417. The van der Waals surface area contributed by atoms with E-state index in [1.807, 2.05) is 12.3 Å². The first-order chi connectivity index (χ1) is 8.65. The second kappa shape index (κ2) is 5.95. The number of halogens is 1. The van der Waals surface area contributed by atoms with E-state index in [4.69, 9.17) is 0 Å². The molecule has 2 rings (SSSR count). The average molecular weight is 310 g/mol. The largest absolute Gasteiger partial charge is 0.369 e. The number of aromatic amines is 1. The number of hydrogen-bond donors (Lipinski definition) is 2. The van der Waals surface area contributed by atoms with E-state index < -0.39 is 0 Å². The molecule has 0 unspecified atom stereocenters. The Morgan fingerprint density at radius 1 is 1.39 bits per heavy atom. The summed E-state index contributed by atoms with van der Waals surface area (Å²) in [7, 11) is 0. The minimum Gasteiger partial charge on any atom is -0.369 e. The Labute approximate surface area is 115 Å². The molecule has 18 heavy (non-hydrogen) atoms. The topological polar surface area (TPSA) is 66.5 Å². The molecule has 5 nitrogen and oxygen atoms in total. The van der Waals surface area contributed by atoms with Crippen LogP contribution in [0.3, 0.4) is 0 Å². The van der Waals surface area contributed by atoms with Crippen molar-refractivity contribution in [1.82, 2.24) is 19.9 Å². The maximum atomic E-state index is 4.47. The van der Waals surface area contributed by atoms with E-state index in [9.17, 15) is 0 Å². The van der Waals surface area contributed by atoms with Crippen molar-refractivity contribution in [1.29, 1.82) is 0 Å². The van der Waals surface area contributed by atoms with E-state index in [0.717, 1.165) is 35.0 Å². The SMILES string of the molecule is CC(C)c1nc(Br)cc(NCCc2ncc[nH]2)n1. The number of aromatic nitrogens is 4. The van der Waals surface area contributed by atoms with Crippen molar-refractivity contribution in [3.63, 3.8) is 0 Å². The van der Waals surface area contributed by atoms with Crippen molar-refractivity contribution >= 4 is 21.7 Å². The Morgan fingerprint density at radius 2 is 2.22 bits per heavy atom. The van der Waals surface area contributed by atoms with Crippen LogP contribution in [0, 0.1) is 0 Å². The number of rotatable bonds is 5. The first kappa shape index (κ1) is 13.0. The van der Waals surface area contributed by atoms with Gasteiger partial charge in [0.15, 0.2) is 0 Å². The number of H-pyrrole nitrogens is 1. The Kier molecular flexibility index (Phi) is 4.30. The minimum absolute atomic E-state index is 0.313. The summed E-state index contributed by atoms with van der Waals surface area (Å²) >= 11 is 3.40. The molecule has 2 heterocycles.